The number of hydrogen-bond donors (Lipinski definition) is 2. The number of carboxylic acids is 1. The van der Waals surface area contributed by atoms with Crippen LogP contribution in [0.25, 0.3) is 0 Å². The maximum Gasteiger partial charge on any atom is 0.341 e. The summed E-state index contributed by atoms with van der Waals surface area (Å²) in [5.41, 5.74) is 5.64. The van der Waals surface area contributed by atoms with E-state index in [1.807, 2.05) is 0 Å². The number of aromatic carboxylic acids is 1. The third-order valence-electron chi connectivity index (χ3n) is 2.00. The van der Waals surface area contributed by atoms with E-state index in [-0.39, 0.29) is 17.1 Å². The third kappa shape index (κ3) is 2.75. The van der Waals surface area contributed by atoms with Gasteiger partial charge in [0.05, 0.1) is 18.1 Å². The van der Waals surface area contributed by atoms with Crippen LogP contribution in [0.3, 0.4) is 0 Å². The number of rotatable bonds is 3. The average molecular weight is 310 g/mol. The van der Waals surface area contributed by atoms with Gasteiger partial charge in [0, 0.05) is 10.7 Å². The summed E-state index contributed by atoms with van der Waals surface area (Å²) >= 11 is 3.24. The molecule has 2 aromatic heterocycles. The number of nitrogens with zero attached hydrogens (tertiary/aromatic N) is 2. The highest BCUT2D eigenvalue weighted by molar-refractivity contribution is 9.10. The zero-order valence-electron chi connectivity index (χ0n) is 9.00. The molecular formula is C11H8BrN3O3. The molecule has 0 aliphatic heterocycles. The Morgan fingerprint density at radius 3 is 2.78 bits per heavy atom. The van der Waals surface area contributed by atoms with Crippen molar-refractivity contribution in [1.82, 2.24) is 9.97 Å². The van der Waals surface area contributed by atoms with Crippen LogP contribution in [0, 0.1) is 0 Å². The van der Waals surface area contributed by atoms with Crippen LogP contribution in [-0.4, -0.2) is 21.0 Å². The molecule has 0 aliphatic carbocycles. The van der Waals surface area contributed by atoms with Crippen LogP contribution < -0.4 is 10.5 Å². The molecule has 0 saturated heterocycles. The molecule has 6 nitrogen and oxygen atoms in total. The van der Waals surface area contributed by atoms with Crippen molar-refractivity contribution >= 4 is 27.6 Å². The summed E-state index contributed by atoms with van der Waals surface area (Å²) < 4.78 is 6.08. The van der Waals surface area contributed by atoms with Gasteiger partial charge in [-0.15, -0.1) is 0 Å². The molecule has 0 saturated carbocycles. The Labute approximate surface area is 111 Å². The van der Waals surface area contributed by atoms with E-state index in [0.29, 0.717) is 10.2 Å². The van der Waals surface area contributed by atoms with Crippen molar-refractivity contribution in [2.45, 2.75) is 0 Å². The highest BCUT2D eigenvalue weighted by Crippen LogP contribution is 2.25. The quantitative estimate of drug-likeness (QED) is 0.902. The molecular weight excluding hydrogens is 302 g/mol. The maximum atomic E-state index is 11.0. The van der Waals surface area contributed by atoms with E-state index in [2.05, 4.69) is 25.9 Å². The molecule has 0 radical (unpaired) electrons. The molecule has 18 heavy (non-hydrogen) atoms. The topological polar surface area (TPSA) is 98.3 Å². The van der Waals surface area contributed by atoms with Crippen molar-refractivity contribution in [3.8, 4) is 11.6 Å². The van der Waals surface area contributed by atoms with Crippen LogP contribution in [0.4, 0.5) is 5.69 Å². The average Bonchev–Trinajstić information content (AvgIpc) is 2.31. The molecule has 0 spiro atoms. The Morgan fingerprint density at radius 2 is 2.11 bits per heavy atom. The van der Waals surface area contributed by atoms with E-state index in [4.69, 9.17) is 15.6 Å². The summed E-state index contributed by atoms with van der Waals surface area (Å²) in [7, 11) is 0. The minimum Gasteiger partial charge on any atom is -0.477 e. The summed E-state index contributed by atoms with van der Waals surface area (Å²) in [6.45, 7) is 0. The molecule has 0 atom stereocenters. The number of anilines is 1. The first-order chi connectivity index (χ1) is 8.56. The fourth-order valence-corrected chi connectivity index (χ4v) is 1.61. The second kappa shape index (κ2) is 5.01. The zero-order valence-corrected chi connectivity index (χ0v) is 10.6. The molecule has 2 rings (SSSR count). The number of nitrogens with two attached hydrogens (primary N) is 1. The summed E-state index contributed by atoms with van der Waals surface area (Å²) in [5.74, 6) is -0.812. The van der Waals surface area contributed by atoms with Crippen LogP contribution in [0.15, 0.2) is 35.2 Å². The largest absolute Gasteiger partial charge is 0.477 e. The molecule has 0 aliphatic rings. The Bertz CT molecular complexity index is 604. The maximum absolute atomic E-state index is 11.0. The van der Waals surface area contributed by atoms with Gasteiger partial charge in [-0.2, -0.15) is 0 Å². The zero-order chi connectivity index (χ0) is 13.1. The molecule has 3 N–H and O–H groups in total. The van der Waals surface area contributed by atoms with Crippen LogP contribution in [0.1, 0.15) is 10.4 Å². The Balaban J connectivity index is 2.37. The fourth-order valence-electron chi connectivity index (χ4n) is 1.26. The number of hydrogen-bond acceptors (Lipinski definition) is 5. The minimum absolute atomic E-state index is 0.0309. The van der Waals surface area contributed by atoms with Gasteiger partial charge in [0.1, 0.15) is 11.3 Å². The lowest BCUT2D eigenvalue weighted by Crippen LogP contribution is -2.03. The van der Waals surface area contributed by atoms with E-state index in [1.165, 1.54) is 18.5 Å². The minimum atomic E-state index is -1.16. The lowest BCUT2D eigenvalue weighted by molar-refractivity contribution is 0.0693. The smallest absolute Gasteiger partial charge is 0.341 e. The molecule has 2 heterocycles. The van der Waals surface area contributed by atoms with Crippen molar-refractivity contribution in [1.29, 1.82) is 0 Å². The van der Waals surface area contributed by atoms with Crippen molar-refractivity contribution in [3.05, 3.63) is 40.8 Å². The first-order valence-corrected chi connectivity index (χ1v) is 5.63. The molecule has 2 aromatic rings. The first kappa shape index (κ1) is 12.3. The summed E-state index contributed by atoms with van der Waals surface area (Å²) in [6.07, 6.45) is 4.36. The van der Waals surface area contributed by atoms with E-state index in [0.717, 1.165) is 0 Å². The van der Waals surface area contributed by atoms with Crippen molar-refractivity contribution < 1.29 is 14.6 Å². The van der Waals surface area contributed by atoms with E-state index >= 15 is 0 Å². The van der Waals surface area contributed by atoms with Crippen molar-refractivity contribution in [2.75, 3.05) is 5.73 Å². The van der Waals surface area contributed by atoms with E-state index < -0.39 is 5.97 Å². The number of carboxylic acid groups (broad SMARTS) is 1. The number of pyridine rings is 2. The highest BCUT2D eigenvalue weighted by atomic mass is 79.9. The summed E-state index contributed by atoms with van der Waals surface area (Å²) in [4.78, 5) is 18.8. The Morgan fingerprint density at radius 1 is 1.33 bits per heavy atom. The van der Waals surface area contributed by atoms with Gasteiger partial charge in [-0.25, -0.2) is 9.78 Å². The third-order valence-corrected chi connectivity index (χ3v) is 2.43. The molecule has 0 bridgehead atoms. The molecule has 0 unspecified atom stereocenters. The second-order valence-electron chi connectivity index (χ2n) is 3.37. The predicted molar refractivity (Wildman–Crippen MR) is 67.6 cm³/mol. The van der Waals surface area contributed by atoms with Crippen LogP contribution in [0.5, 0.6) is 11.6 Å². The van der Waals surface area contributed by atoms with Gasteiger partial charge in [0.15, 0.2) is 0 Å². The standard InChI is InChI=1S/C11H8BrN3O3/c12-6-1-8(5-14-3-6)18-10-9(11(16)17)2-7(13)4-15-10/h1-5H,13H2,(H,16,17). The van der Waals surface area contributed by atoms with Crippen LogP contribution in [0.2, 0.25) is 0 Å². The predicted octanol–water partition coefficient (Wildman–Crippen LogP) is 2.31. The number of carbonyl (C=O) groups is 1. The van der Waals surface area contributed by atoms with Gasteiger partial charge >= 0.3 is 5.97 Å². The number of aromatic nitrogens is 2. The highest BCUT2D eigenvalue weighted by Gasteiger charge is 2.14. The van der Waals surface area contributed by atoms with Gasteiger partial charge in [0.25, 0.3) is 0 Å². The monoisotopic (exact) mass is 309 g/mol. The fraction of sp³-hybridized carbons (Fsp3) is 0. The summed E-state index contributed by atoms with van der Waals surface area (Å²) in [6, 6.07) is 2.94. The molecule has 92 valence electrons. The number of ether oxygens (including phenoxy) is 1. The van der Waals surface area contributed by atoms with Gasteiger partial charge in [-0.1, -0.05) is 0 Å². The first-order valence-electron chi connectivity index (χ1n) is 4.83. The van der Waals surface area contributed by atoms with E-state index in [9.17, 15) is 4.79 Å². The Hall–Kier alpha value is -2.15. The molecule has 7 heteroatoms. The van der Waals surface area contributed by atoms with Crippen molar-refractivity contribution in [3.63, 3.8) is 0 Å². The normalized spacial score (nSPS) is 10.1. The molecule has 0 aromatic carbocycles. The molecule has 0 fully saturated rings. The number of halogens is 1. The van der Waals surface area contributed by atoms with Crippen LogP contribution >= 0.6 is 15.9 Å². The molecule has 0 amide bonds. The van der Waals surface area contributed by atoms with Gasteiger partial charge in [-0.3, -0.25) is 4.98 Å². The van der Waals surface area contributed by atoms with Gasteiger partial charge < -0.3 is 15.6 Å². The SMILES string of the molecule is Nc1cnc(Oc2cncc(Br)c2)c(C(=O)O)c1. The van der Waals surface area contributed by atoms with Crippen molar-refractivity contribution in [2.24, 2.45) is 0 Å². The van der Waals surface area contributed by atoms with E-state index in [1.54, 1.807) is 12.3 Å². The van der Waals surface area contributed by atoms with Crippen LogP contribution in [-0.2, 0) is 0 Å². The number of nitrogen functional groups attached to an aromatic ring is 1. The lowest BCUT2D eigenvalue weighted by Gasteiger charge is -2.07. The van der Waals surface area contributed by atoms with Gasteiger partial charge in [0.2, 0.25) is 5.88 Å². The Kier molecular flexibility index (Phi) is 3.42. The second-order valence-corrected chi connectivity index (χ2v) is 4.28. The van der Waals surface area contributed by atoms with Gasteiger partial charge in [-0.05, 0) is 28.1 Å². The summed E-state index contributed by atoms with van der Waals surface area (Å²) in [5, 5.41) is 9.02. The lowest BCUT2D eigenvalue weighted by atomic mass is 10.2.